The van der Waals surface area contributed by atoms with Crippen molar-refractivity contribution in [3.8, 4) is 0 Å². The molecule has 0 bridgehead atoms. The van der Waals surface area contributed by atoms with Crippen molar-refractivity contribution in [3.05, 3.63) is 0 Å². The van der Waals surface area contributed by atoms with E-state index in [0.717, 1.165) is 13.0 Å². The minimum absolute atomic E-state index is 0.0362. The fraction of sp³-hybridized carbons (Fsp3) is 0.900. The van der Waals surface area contributed by atoms with E-state index in [0.29, 0.717) is 19.7 Å². The number of rotatable bonds is 4. The quantitative estimate of drug-likeness (QED) is 0.701. The van der Waals surface area contributed by atoms with Gasteiger partial charge in [-0.25, -0.2) is 4.79 Å². The van der Waals surface area contributed by atoms with Crippen LogP contribution in [0.3, 0.4) is 0 Å². The normalized spacial score (nSPS) is 20.7. The summed E-state index contributed by atoms with van der Waals surface area (Å²) in [5, 5.41) is 2.95. The first-order valence-electron chi connectivity index (χ1n) is 5.50. The Hall–Kier alpha value is -0.810. The van der Waals surface area contributed by atoms with Gasteiger partial charge >= 0.3 is 6.03 Å². The molecule has 1 atom stereocenters. The van der Waals surface area contributed by atoms with E-state index in [9.17, 15) is 4.79 Å². The molecular weight excluding hydrogens is 194 g/mol. The van der Waals surface area contributed by atoms with Gasteiger partial charge in [0.15, 0.2) is 0 Å². The van der Waals surface area contributed by atoms with Gasteiger partial charge in [0.05, 0.1) is 12.6 Å². The second kappa shape index (κ2) is 5.92. The lowest BCUT2D eigenvalue weighted by Gasteiger charge is -2.27. The van der Waals surface area contributed by atoms with Crippen molar-refractivity contribution in [2.45, 2.75) is 32.4 Å². The molecule has 0 aromatic rings. The van der Waals surface area contributed by atoms with E-state index >= 15 is 0 Å². The number of urea groups is 1. The minimum atomic E-state index is -0.0362. The van der Waals surface area contributed by atoms with Gasteiger partial charge in [-0.2, -0.15) is 0 Å². The smallest absolute Gasteiger partial charge is 0.317 e. The van der Waals surface area contributed by atoms with Crippen LogP contribution < -0.4 is 11.1 Å². The number of nitrogens with two attached hydrogens (primary N) is 1. The van der Waals surface area contributed by atoms with Crippen molar-refractivity contribution in [3.63, 3.8) is 0 Å². The highest BCUT2D eigenvalue weighted by atomic mass is 16.5. The first-order valence-corrected chi connectivity index (χ1v) is 5.50. The Kier molecular flexibility index (Phi) is 4.84. The van der Waals surface area contributed by atoms with Crippen LogP contribution in [0.1, 0.15) is 20.3 Å². The maximum absolute atomic E-state index is 11.8. The highest BCUT2D eigenvalue weighted by molar-refractivity contribution is 5.74. The van der Waals surface area contributed by atoms with E-state index in [1.807, 2.05) is 13.8 Å². The van der Waals surface area contributed by atoms with Crippen LogP contribution >= 0.6 is 0 Å². The van der Waals surface area contributed by atoms with Gasteiger partial charge in [-0.1, -0.05) is 0 Å². The number of hydrogen-bond donors (Lipinski definition) is 2. The van der Waals surface area contributed by atoms with Gasteiger partial charge in [0.2, 0.25) is 0 Å². The van der Waals surface area contributed by atoms with Crippen LogP contribution in [0, 0.1) is 0 Å². The van der Waals surface area contributed by atoms with Gasteiger partial charge in [0.1, 0.15) is 0 Å². The average molecular weight is 215 g/mol. The Bertz CT molecular complexity index is 203. The van der Waals surface area contributed by atoms with Crippen molar-refractivity contribution in [2.24, 2.45) is 5.73 Å². The maximum atomic E-state index is 11.8. The molecule has 2 amide bonds. The predicted molar refractivity (Wildman–Crippen MR) is 58.7 cm³/mol. The van der Waals surface area contributed by atoms with Gasteiger partial charge in [0.25, 0.3) is 0 Å². The highest BCUT2D eigenvalue weighted by Gasteiger charge is 2.22. The van der Waals surface area contributed by atoms with Gasteiger partial charge in [-0.05, 0) is 20.3 Å². The van der Waals surface area contributed by atoms with Crippen LogP contribution in [-0.2, 0) is 4.74 Å². The zero-order valence-electron chi connectivity index (χ0n) is 9.53. The first kappa shape index (κ1) is 12.3. The average Bonchev–Trinajstić information content (AvgIpc) is 2.65. The molecule has 15 heavy (non-hydrogen) atoms. The zero-order valence-corrected chi connectivity index (χ0v) is 9.53. The second-order valence-electron chi connectivity index (χ2n) is 4.09. The summed E-state index contributed by atoms with van der Waals surface area (Å²) in [6.07, 6.45) is 0.903. The van der Waals surface area contributed by atoms with Crippen molar-refractivity contribution in [1.29, 1.82) is 0 Å². The Labute approximate surface area is 90.9 Å². The lowest BCUT2D eigenvalue weighted by Crippen LogP contribution is -2.49. The van der Waals surface area contributed by atoms with E-state index in [1.54, 1.807) is 4.90 Å². The van der Waals surface area contributed by atoms with Crippen LogP contribution in [0.4, 0.5) is 4.79 Å². The largest absolute Gasteiger partial charge is 0.379 e. The second-order valence-corrected chi connectivity index (χ2v) is 4.09. The molecule has 3 N–H and O–H groups in total. The van der Waals surface area contributed by atoms with Crippen molar-refractivity contribution in [2.75, 3.05) is 26.3 Å². The molecule has 88 valence electrons. The zero-order chi connectivity index (χ0) is 11.3. The summed E-state index contributed by atoms with van der Waals surface area (Å²) in [4.78, 5) is 13.6. The molecule has 0 spiro atoms. The van der Waals surface area contributed by atoms with Crippen LogP contribution in [0.5, 0.6) is 0 Å². The summed E-state index contributed by atoms with van der Waals surface area (Å²) in [7, 11) is 0. The first-order chi connectivity index (χ1) is 7.15. The van der Waals surface area contributed by atoms with Gasteiger partial charge in [-0.15, -0.1) is 0 Å². The van der Waals surface area contributed by atoms with Gasteiger partial charge in [0, 0.05) is 25.7 Å². The lowest BCUT2D eigenvalue weighted by molar-refractivity contribution is 0.171. The van der Waals surface area contributed by atoms with Crippen LogP contribution in [0.25, 0.3) is 0 Å². The molecule has 0 aromatic carbocycles. The molecule has 1 unspecified atom stereocenters. The summed E-state index contributed by atoms with van der Waals surface area (Å²) < 4.78 is 5.20. The van der Waals surface area contributed by atoms with Crippen molar-refractivity contribution >= 4 is 6.03 Å². The SMILES string of the molecule is CC(C)N(CCN)C(=O)NC1CCOC1. The summed E-state index contributed by atoms with van der Waals surface area (Å²) in [6, 6.07) is 0.304. The third kappa shape index (κ3) is 3.68. The van der Waals surface area contributed by atoms with Crippen LogP contribution in [0.2, 0.25) is 0 Å². The molecule has 1 rings (SSSR count). The van der Waals surface area contributed by atoms with E-state index < -0.39 is 0 Å². The number of carbonyl (C=O) groups is 1. The van der Waals surface area contributed by atoms with E-state index in [1.165, 1.54) is 0 Å². The molecule has 5 nitrogen and oxygen atoms in total. The fourth-order valence-electron chi connectivity index (χ4n) is 1.64. The third-order valence-corrected chi connectivity index (χ3v) is 2.51. The van der Waals surface area contributed by atoms with Crippen LogP contribution in [0.15, 0.2) is 0 Å². The molecule has 0 aromatic heterocycles. The number of nitrogens with zero attached hydrogens (tertiary/aromatic N) is 1. The topological polar surface area (TPSA) is 67.6 Å². The van der Waals surface area contributed by atoms with Gasteiger partial charge < -0.3 is 20.7 Å². The minimum Gasteiger partial charge on any atom is -0.379 e. The molecule has 1 aliphatic heterocycles. The number of amides is 2. The van der Waals surface area contributed by atoms with E-state index in [2.05, 4.69) is 5.32 Å². The fourth-order valence-corrected chi connectivity index (χ4v) is 1.64. The number of hydrogen-bond acceptors (Lipinski definition) is 3. The molecule has 0 radical (unpaired) electrons. The summed E-state index contributed by atoms with van der Waals surface area (Å²) in [6.45, 7) is 6.43. The molecule has 0 saturated carbocycles. The summed E-state index contributed by atoms with van der Waals surface area (Å²) in [5.41, 5.74) is 5.47. The van der Waals surface area contributed by atoms with E-state index in [4.69, 9.17) is 10.5 Å². The summed E-state index contributed by atoms with van der Waals surface area (Å²) >= 11 is 0. The molecule has 1 saturated heterocycles. The summed E-state index contributed by atoms with van der Waals surface area (Å²) in [5.74, 6) is 0. The third-order valence-electron chi connectivity index (χ3n) is 2.51. The van der Waals surface area contributed by atoms with Crippen LogP contribution in [-0.4, -0.2) is 49.3 Å². The van der Waals surface area contributed by atoms with Gasteiger partial charge in [-0.3, -0.25) is 0 Å². The number of carbonyl (C=O) groups excluding carboxylic acids is 1. The lowest BCUT2D eigenvalue weighted by atomic mass is 10.2. The number of nitrogens with one attached hydrogen (secondary N) is 1. The standard InChI is InChI=1S/C10H21N3O2/c1-8(2)13(5-4-11)10(14)12-9-3-6-15-7-9/h8-9H,3-7,11H2,1-2H3,(H,12,14). The Morgan fingerprint density at radius 1 is 1.67 bits per heavy atom. The molecule has 5 heteroatoms. The molecule has 0 aliphatic carbocycles. The van der Waals surface area contributed by atoms with Crippen molar-refractivity contribution in [1.82, 2.24) is 10.2 Å². The molecule has 1 fully saturated rings. The number of ether oxygens (including phenoxy) is 1. The van der Waals surface area contributed by atoms with Crippen molar-refractivity contribution < 1.29 is 9.53 Å². The Balaban J connectivity index is 2.40. The highest BCUT2D eigenvalue weighted by Crippen LogP contribution is 2.05. The Morgan fingerprint density at radius 2 is 2.40 bits per heavy atom. The maximum Gasteiger partial charge on any atom is 0.317 e. The Morgan fingerprint density at radius 3 is 2.87 bits per heavy atom. The monoisotopic (exact) mass is 215 g/mol. The van der Waals surface area contributed by atoms with E-state index in [-0.39, 0.29) is 18.1 Å². The molecule has 1 aliphatic rings. The molecular formula is C10H21N3O2. The predicted octanol–water partition coefficient (Wildman–Crippen LogP) is 0.154. The molecule has 1 heterocycles.